The predicted octanol–water partition coefficient (Wildman–Crippen LogP) is 4.51. The number of thioether (sulfide) groups is 2. The smallest absolute Gasteiger partial charge is 0.321 e. The Morgan fingerprint density at radius 2 is 1.79 bits per heavy atom. The standard InChI is InChI=1S/C22H25N3O2S2/c1-28-19-9-7-18(8-10-19)23-21(27)24-13-11-22(12-14-24)25(20(26)16-29-22)15-17-5-3-2-4-6-17/h2-10H,11-16H2,1H3,(H,23,27). The molecule has 2 saturated heterocycles. The summed E-state index contributed by atoms with van der Waals surface area (Å²) in [5.41, 5.74) is 1.96. The first-order valence-electron chi connectivity index (χ1n) is 9.78. The summed E-state index contributed by atoms with van der Waals surface area (Å²) >= 11 is 3.42. The lowest BCUT2D eigenvalue weighted by molar-refractivity contribution is -0.131. The van der Waals surface area contributed by atoms with Crippen molar-refractivity contribution >= 4 is 41.1 Å². The first-order valence-corrected chi connectivity index (χ1v) is 12.0. The maximum absolute atomic E-state index is 12.7. The highest BCUT2D eigenvalue weighted by molar-refractivity contribution is 8.01. The Morgan fingerprint density at radius 3 is 2.45 bits per heavy atom. The second-order valence-corrected chi connectivity index (χ2v) is 9.56. The van der Waals surface area contributed by atoms with Gasteiger partial charge in [0.25, 0.3) is 0 Å². The van der Waals surface area contributed by atoms with Gasteiger partial charge in [0.1, 0.15) is 0 Å². The minimum absolute atomic E-state index is 0.0688. The normalized spacial score (nSPS) is 18.3. The fourth-order valence-corrected chi connectivity index (χ4v) is 5.68. The number of rotatable bonds is 4. The summed E-state index contributed by atoms with van der Waals surface area (Å²) in [7, 11) is 0. The molecule has 4 rings (SSSR count). The summed E-state index contributed by atoms with van der Waals surface area (Å²) < 4.78 is 0. The summed E-state index contributed by atoms with van der Waals surface area (Å²) in [5, 5.41) is 2.99. The van der Waals surface area contributed by atoms with Gasteiger partial charge in [-0.2, -0.15) is 0 Å². The van der Waals surface area contributed by atoms with Crippen LogP contribution in [0, 0.1) is 0 Å². The van der Waals surface area contributed by atoms with Crippen molar-refractivity contribution in [3.63, 3.8) is 0 Å². The van der Waals surface area contributed by atoms with Gasteiger partial charge in [-0.15, -0.1) is 23.5 Å². The van der Waals surface area contributed by atoms with Gasteiger partial charge in [0.2, 0.25) is 5.91 Å². The number of urea groups is 1. The van der Waals surface area contributed by atoms with Crippen molar-refractivity contribution in [2.45, 2.75) is 29.2 Å². The summed E-state index contributed by atoms with van der Waals surface area (Å²) in [6, 6.07) is 17.9. The van der Waals surface area contributed by atoms with Crippen LogP contribution in [0.15, 0.2) is 59.5 Å². The number of hydrogen-bond acceptors (Lipinski definition) is 4. The largest absolute Gasteiger partial charge is 0.324 e. The highest BCUT2D eigenvalue weighted by Gasteiger charge is 2.48. The third-order valence-electron chi connectivity index (χ3n) is 5.61. The molecule has 0 atom stereocenters. The molecule has 2 aliphatic rings. The lowest BCUT2D eigenvalue weighted by atomic mass is 10.0. The molecule has 5 nitrogen and oxygen atoms in total. The van der Waals surface area contributed by atoms with Crippen LogP contribution in [-0.4, -0.2) is 51.7 Å². The Labute approximate surface area is 180 Å². The van der Waals surface area contributed by atoms with E-state index in [1.54, 1.807) is 23.5 Å². The van der Waals surface area contributed by atoms with Crippen LogP contribution >= 0.6 is 23.5 Å². The molecule has 2 aromatic carbocycles. The number of carbonyl (C=O) groups is 2. The van der Waals surface area contributed by atoms with Crippen LogP contribution in [0.1, 0.15) is 18.4 Å². The van der Waals surface area contributed by atoms with E-state index in [1.807, 2.05) is 58.5 Å². The fourth-order valence-electron chi connectivity index (χ4n) is 3.93. The Kier molecular flexibility index (Phi) is 6.06. The predicted molar refractivity (Wildman–Crippen MR) is 120 cm³/mol. The number of benzene rings is 2. The molecule has 29 heavy (non-hydrogen) atoms. The van der Waals surface area contributed by atoms with Gasteiger partial charge in [-0.3, -0.25) is 4.79 Å². The Balaban J connectivity index is 1.38. The summed E-state index contributed by atoms with van der Waals surface area (Å²) in [6.07, 6.45) is 3.63. The lowest BCUT2D eigenvalue weighted by Gasteiger charge is -2.44. The van der Waals surface area contributed by atoms with E-state index in [9.17, 15) is 9.59 Å². The molecular weight excluding hydrogens is 402 g/mol. The Bertz CT molecular complexity index is 865. The number of nitrogens with zero attached hydrogens (tertiary/aromatic N) is 2. The molecule has 1 spiro atoms. The zero-order valence-electron chi connectivity index (χ0n) is 16.5. The molecule has 0 radical (unpaired) electrons. The topological polar surface area (TPSA) is 52.7 Å². The van der Waals surface area contributed by atoms with Crippen molar-refractivity contribution in [1.82, 2.24) is 9.80 Å². The summed E-state index contributed by atoms with van der Waals surface area (Å²) in [6.45, 7) is 1.95. The van der Waals surface area contributed by atoms with Crippen LogP contribution < -0.4 is 5.32 Å². The second kappa shape index (κ2) is 8.71. The third-order valence-corrected chi connectivity index (χ3v) is 7.91. The minimum atomic E-state index is -0.191. The van der Waals surface area contributed by atoms with E-state index in [0.717, 1.165) is 24.1 Å². The molecule has 1 N–H and O–H groups in total. The first-order chi connectivity index (χ1) is 14.1. The van der Waals surface area contributed by atoms with Crippen LogP contribution in [-0.2, 0) is 11.3 Å². The van der Waals surface area contributed by atoms with Gasteiger partial charge in [0, 0.05) is 30.2 Å². The van der Waals surface area contributed by atoms with E-state index < -0.39 is 0 Å². The van der Waals surface area contributed by atoms with Gasteiger partial charge in [0.15, 0.2) is 0 Å². The number of nitrogens with one attached hydrogen (secondary N) is 1. The van der Waals surface area contributed by atoms with Crippen molar-refractivity contribution in [2.24, 2.45) is 0 Å². The van der Waals surface area contributed by atoms with E-state index in [-0.39, 0.29) is 16.8 Å². The second-order valence-electron chi connectivity index (χ2n) is 7.35. The van der Waals surface area contributed by atoms with Crippen molar-refractivity contribution in [2.75, 3.05) is 30.4 Å². The van der Waals surface area contributed by atoms with Gasteiger partial charge < -0.3 is 15.1 Å². The Morgan fingerprint density at radius 1 is 1.10 bits per heavy atom. The van der Waals surface area contributed by atoms with Crippen molar-refractivity contribution in [3.05, 3.63) is 60.2 Å². The van der Waals surface area contributed by atoms with Gasteiger partial charge in [-0.25, -0.2) is 4.79 Å². The zero-order valence-corrected chi connectivity index (χ0v) is 18.1. The number of anilines is 1. The number of hydrogen-bond donors (Lipinski definition) is 1. The number of likely N-dealkylation sites (tertiary alicyclic amines) is 1. The molecule has 7 heteroatoms. The number of amides is 3. The molecular formula is C22H25N3O2S2. The summed E-state index contributed by atoms with van der Waals surface area (Å²) in [5.74, 6) is 0.728. The van der Waals surface area contributed by atoms with Crippen molar-refractivity contribution in [1.29, 1.82) is 0 Å². The van der Waals surface area contributed by atoms with Crippen LogP contribution in [0.2, 0.25) is 0 Å². The molecule has 152 valence electrons. The maximum Gasteiger partial charge on any atom is 0.321 e. The lowest BCUT2D eigenvalue weighted by Crippen LogP contribution is -2.53. The molecule has 0 aromatic heterocycles. The maximum atomic E-state index is 12.7. The van der Waals surface area contributed by atoms with Crippen LogP contribution in [0.25, 0.3) is 0 Å². The van der Waals surface area contributed by atoms with Crippen LogP contribution in [0.3, 0.4) is 0 Å². The van der Waals surface area contributed by atoms with Gasteiger partial charge in [-0.1, -0.05) is 30.3 Å². The van der Waals surface area contributed by atoms with E-state index >= 15 is 0 Å². The van der Waals surface area contributed by atoms with Crippen LogP contribution in [0.4, 0.5) is 10.5 Å². The zero-order chi connectivity index (χ0) is 20.3. The molecule has 2 aliphatic heterocycles. The first kappa shape index (κ1) is 20.2. The molecule has 3 amide bonds. The van der Waals surface area contributed by atoms with E-state index in [0.29, 0.717) is 25.4 Å². The molecule has 2 heterocycles. The summed E-state index contributed by atoms with van der Waals surface area (Å²) in [4.78, 5) is 30.1. The van der Waals surface area contributed by atoms with Gasteiger partial charge in [-0.05, 0) is 48.9 Å². The van der Waals surface area contributed by atoms with Gasteiger partial charge >= 0.3 is 6.03 Å². The van der Waals surface area contributed by atoms with Gasteiger partial charge in [0.05, 0.1) is 10.6 Å². The van der Waals surface area contributed by atoms with Crippen LogP contribution in [0.5, 0.6) is 0 Å². The van der Waals surface area contributed by atoms with E-state index in [1.165, 1.54) is 4.90 Å². The molecule has 0 unspecified atom stereocenters. The SMILES string of the molecule is CSc1ccc(NC(=O)N2CCC3(CC2)SCC(=O)N3Cc2ccccc2)cc1. The number of piperidine rings is 1. The Hall–Kier alpha value is -2.12. The quantitative estimate of drug-likeness (QED) is 0.730. The average Bonchev–Trinajstić information content (AvgIpc) is 3.05. The minimum Gasteiger partial charge on any atom is -0.324 e. The molecule has 0 aliphatic carbocycles. The van der Waals surface area contributed by atoms with E-state index in [4.69, 9.17) is 0 Å². The monoisotopic (exact) mass is 427 g/mol. The fraction of sp³-hybridized carbons (Fsp3) is 0.364. The highest BCUT2D eigenvalue weighted by Crippen LogP contribution is 2.45. The van der Waals surface area contributed by atoms with Crippen molar-refractivity contribution in [3.8, 4) is 0 Å². The van der Waals surface area contributed by atoms with E-state index in [2.05, 4.69) is 17.4 Å². The third kappa shape index (κ3) is 4.41. The van der Waals surface area contributed by atoms with Crippen molar-refractivity contribution < 1.29 is 9.59 Å². The molecule has 0 bridgehead atoms. The molecule has 0 saturated carbocycles. The number of carbonyl (C=O) groups excluding carboxylic acids is 2. The highest BCUT2D eigenvalue weighted by atomic mass is 32.2. The molecule has 2 aromatic rings. The average molecular weight is 428 g/mol. The molecule has 2 fully saturated rings.